The Kier molecular flexibility index (Phi) is 4.15. The van der Waals surface area contributed by atoms with E-state index >= 15 is 0 Å². The SMILES string of the molecule is O=C(Cn1ccc(C(=O)O)n1)Nc1ccc(C(F)(F)F)cc1. The summed E-state index contributed by atoms with van der Waals surface area (Å²) in [6.45, 7) is -0.256. The molecule has 0 atom stereocenters. The predicted octanol–water partition coefficient (Wildman–Crippen LogP) is 2.24. The molecule has 0 aliphatic heterocycles. The molecule has 2 rings (SSSR count). The smallest absolute Gasteiger partial charge is 0.416 e. The Balaban J connectivity index is 1.98. The topological polar surface area (TPSA) is 84.2 Å². The fourth-order valence-corrected chi connectivity index (χ4v) is 1.65. The van der Waals surface area contributed by atoms with Gasteiger partial charge in [-0.3, -0.25) is 9.48 Å². The Labute approximate surface area is 122 Å². The number of anilines is 1. The van der Waals surface area contributed by atoms with E-state index in [-0.39, 0.29) is 17.9 Å². The average Bonchev–Trinajstić information content (AvgIpc) is 2.86. The number of carbonyl (C=O) groups excluding carboxylic acids is 1. The third kappa shape index (κ3) is 3.84. The number of nitrogens with one attached hydrogen (secondary N) is 1. The van der Waals surface area contributed by atoms with Crippen LogP contribution in [0.3, 0.4) is 0 Å². The maximum absolute atomic E-state index is 12.4. The van der Waals surface area contributed by atoms with Crippen LogP contribution in [0, 0.1) is 0 Å². The fraction of sp³-hybridized carbons (Fsp3) is 0.154. The quantitative estimate of drug-likeness (QED) is 0.906. The minimum Gasteiger partial charge on any atom is -0.476 e. The monoisotopic (exact) mass is 313 g/mol. The van der Waals surface area contributed by atoms with Crippen molar-refractivity contribution < 1.29 is 27.9 Å². The standard InChI is InChI=1S/C13H10F3N3O3/c14-13(15,16)8-1-3-9(4-2-8)17-11(20)7-19-6-5-10(18-19)12(21)22/h1-6H,7H2,(H,17,20)(H,21,22). The molecule has 6 nitrogen and oxygen atoms in total. The van der Waals surface area contributed by atoms with Gasteiger partial charge in [-0.05, 0) is 30.3 Å². The van der Waals surface area contributed by atoms with Crippen LogP contribution in [0.4, 0.5) is 18.9 Å². The molecule has 1 aromatic carbocycles. The summed E-state index contributed by atoms with van der Waals surface area (Å²) < 4.78 is 38.3. The summed E-state index contributed by atoms with van der Waals surface area (Å²) in [5.74, 6) is -1.76. The number of nitrogens with zero attached hydrogens (tertiary/aromatic N) is 2. The second-order valence-corrected chi connectivity index (χ2v) is 4.33. The molecule has 0 spiro atoms. The molecule has 0 bridgehead atoms. The van der Waals surface area contributed by atoms with E-state index < -0.39 is 23.6 Å². The second kappa shape index (κ2) is 5.88. The van der Waals surface area contributed by atoms with Crippen molar-refractivity contribution in [3.63, 3.8) is 0 Å². The summed E-state index contributed by atoms with van der Waals surface area (Å²) in [6.07, 6.45) is -3.12. The molecule has 0 unspecified atom stereocenters. The van der Waals surface area contributed by atoms with E-state index in [9.17, 15) is 22.8 Å². The lowest BCUT2D eigenvalue weighted by molar-refractivity contribution is -0.137. The highest BCUT2D eigenvalue weighted by Crippen LogP contribution is 2.29. The number of rotatable bonds is 4. The van der Waals surface area contributed by atoms with Gasteiger partial charge in [-0.25, -0.2) is 4.79 Å². The van der Waals surface area contributed by atoms with Crippen LogP contribution in [0.2, 0.25) is 0 Å². The van der Waals surface area contributed by atoms with E-state index in [0.717, 1.165) is 28.9 Å². The van der Waals surface area contributed by atoms with Crippen molar-refractivity contribution in [2.75, 3.05) is 5.32 Å². The number of carboxylic acid groups (broad SMARTS) is 1. The molecule has 0 radical (unpaired) electrons. The summed E-state index contributed by atoms with van der Waals surface area (Å²) in [5, 5.41) is 14.7. The molecule has 1 heterocycles. The summed E-state index contributed by atoms with van der Waals surface area (Å²) in [5.41, 5.74) is -0.824. The van der Waals surface area contributed by atoms with Crippen molar-refractivity contribution in [3.05, 3.63) is 47.8 Å². The van der Waals surface area contributed by atoms with Crippen LogP contribution in [-0.2, 0) is 17.5 Å². The van der Waals surface area contributed by atoms with Gasteiger partial charge >= 0.3 is 12.1 Å². The zero-order valence-corrected chi connectivity index (χ0v) is 11.0. The number of halogens is 3. The number of carboxylic acids is 1. The molecule has 1 amide bonds. The van der Waals surface area contributed by atoms with Crippen molar-refractivity contribution in [1.82, 2.24) is 9.78 Å². The van der Waals surface area contributed by atoms with E-state index in [1.807, 2.05) is 0 Å². The van der Waals surface area contributed by atoms with Crippen molar-refractivity contribution >= 4 is 17.6 Å². The van der Waals surface area contributed by atoms with Gasteiger partial charge in [0.2, 0.25) is 5.91 Å². The van der Waals surface area contributed by atoms with E-state index in [1.54, 1.807) is 0 Å². The predicted molar refractivity (Wildman–Crippen MR) is 69.3 cm³/mol. The lowest BCUT2D eigenvalue weighted by Gasteiger charge is -2.08. The van der Waals surface area contributed by atoms with E-state index in [2.05, 4.69) is 10.4 Å². The summed E-state index contributed by atoms with van der Waals surface area (Å²) in [6, 6.07) is 5.20. The maximum Gasteiger partial charge on any atom is 0.416 e. The largest absolute Gasteiger partial charge is 0.476 e. The van der Waals surface area contributed by atoms with Gasteiger partial charge in [0, 0.05) is 11.9 Å². The maximum atomic E-state index is 12.4. The molecule has 1 aromatic heterocycles. The van der Waals surface area contributed by atoms with Crippen LogP contribution in [0.5, 0.6) is 0 Å². The first-order valence-corrected chi connectivity index (χ1v) is 5.99. The zero-order valence-electron chi connectivity index (χ0n) is 11.0. The molecule has 9 heteroatoms. The Hall–Kier alpha value is -2.84. The highest BCUT2D eigenvalue weighted by Gasteiger charge is 2.29. The molecule has 116 valence electrons. The second-order valence-electron chi connectivity index (χ2n) is 4.33. The van der Waals surface area contributed by atoms with Crippen LogP contribution in [0.25, 0.3) is 0 Å². The summed E-state index contributed by atoms with van der Waals surface area (Å²) >= 11 is 0. The summed E-state index contributed by atoms with van der Waals surface area (Å²) in [4.78, 5) is 22.3. The van der Waals surface area contributed by atoms with Gasteiger partial charge in [0.15, 0.2) is 5.69 Å². The zero-order chi connectivity index (χ0) is 16.3. The van der Waals surface area contributed by atoms with Crippen LogP contribution >= 0.6 is 0 Å². The highest BCUT2D eigenvalue weighted by atomic mass is 19.4. The molecule has 2 N–H and O–H groups in total. The number of aromatic carboxylic acids is 1. The molecule has 0 aliphatic rings. The van der Waals surface area contributed by atoms with Crippen LogP contribution < -0.4 is 5.32 Å². The van der Waals surface area contributed by atoms with Crippen molar-refractivity contribution in [1.29, 1.82) is 0 Å². The number of aromatic nitrogens is 2. The van der Waals surface area contributed by atoms with E-state index in [4.69, 9.17) is 5.11 Å². The van der Waals surface area contributed by atoms with Crippen molar-refractivity contribution in [2.45, 2.75) is 12.7 Å². The van der Waals surface area contributed by atoms with Gasteiger partial charge < -0.3 is 10.4 Å². The molecule has 0 fully saturated rings. The van der Waals surface area contributed by atoms with Gasteiger partial charge in [0.25, 0.3) is 0 Å². The van der Waals surface area contributed by atoms with Crippen LogP contribution in [0.15, 0.2) is 36.5 Å². The van der Waals surface area contributed by atoms with Crippen LogP contribution in [-0.4, -0.2) is 26.8 Å². The van der Waals surface area contributed by atoms with Gasteiger partial charge in [-0.15, -0.1) is 0 Å². The third-order valence-corrected chi connectivity index (χ3v) is 2.66. The molecular weight excluding hydrogens is 303 g/mol. The average molecular weight is 313 g/mol. The third-order valence-electron chi connectivity index (χ3n) is 2.66. The fourth-order valence-electron chi connectivity index (χ4n) is 1.65. The number of hydrogen-bond acceptors (Lipinski definition) is 3. The van der Waals surface area contributed by atoms with Crippen molar-refractivity contribution in [2.24, 2.45) is 0 Å². The molecule has 2 aromatic rings. The molecule has 22 heavy (non-hydrogen) atoms. The lowest BCUT2D eigenvalue weighted by atomic mass is 10.2. The van der Waals surface area contributed by atoms with Gasteiger partial charge in [0.1, 0.15) is 6.54 Å². The normalized spacial score (nSPS) is 11.2. The highest BCUT2D eigenvalue weighted by molar-refractivity contribution is 5.90. The van der Waals surface area contributed by atoms with E-state index in [0.29, 0.717) is 0 Å². The molecular formula is C13H10F3N3O3. The number of amides is 1. The summed E-state index contributed by atoms with van der Waals surface area (Å²) in [7, 11) is 0. The number of benzene rings is 1. The van der Waals surface area contributed by atoms with Gasteiger partial charge in [-0.1, -0.05) is 0 Å². The molecule has 0 aliphatic carbocycles. The first-order valence-electron chi connectivity index (χ1n) is 5.99. The minimum absolute atomic E-state index is 0.198. The first kappa shape index (κ1) is 15.5. The van der Waals surface area contributed by atoms with Crippen molar-refractivity contribution in [3.8, 4) is 0 Å². The lowest BCUT2D eigenvalue weighted by Crippen LogP contribution is -2.19. The number of carbonyl (C=O) groups is 2. The van der Waals surface area contributed by atoms with Gasteiger partial charge in [-0.2, -0.15) is 18.3 Å². The Morgan fingerprint density at radius 1 is 1.18 bits per heavy atom. The Morgan fingerprint density at radius 2 is 1.82 bits per heavy atom. The number of alkyl halides is 3. The minimum atomic E-state index is -4.44. The molecule has 0 saturated heterocycles. The number of hydrogen-bond donors (Lipinski definition) is 2. The molecule has 0 saturated carbocycles. The van der Waals surface area contributed by atoms with E-state index in [1.165, 1.54) is 12.3 Å². The van der Waals surface area contributed by atoms with Crippen LogP contribution in [0.1, 0.15) is 16.1 Å². The Bertz CT molecular complexity index is 693. The van der Waals surface area contributed by atoms with Gasteiger partial charge in [0.05, 0.1) is 5.56 Å². The Morgan fingerprint density at radius 3 is 2.32 bits per heavy atom. The first-order chi connectivity index (χ1) is 10.3.